The van der Waals surface area contributed by atoms with Gasteiger partial charge in [0.25, 0.3) is 0 Å². The normalized spacial score (nSPS) is 15.1. The summed E-state index contributed by atoms with van der Waals surface area (Å²) in [5.41, 5.74) is 2.22. The summed E-state index contributed by atoms with van der Waals surface area (Å²) in [4.78, 5) is 25.5. The molecule has 1 aliphatic rings. The molecular formula is C24H22FNO5S. The fourth-order valence-electron chi connectivity index (χ4n) is 3.83. The topological polar surface area (TPSA) is 84.9 Å². The molecule has 2 heterocycles. The van der Waals surface area contributed by atoms with Gasteiger partial charge in [-0.25, -0.2) is 9.18 Å². The highest BCUT2D eigenvalue weighted by molar-refractivity contribution is 7.15. The van der Waals surface area contributed by atoms with Crippen molar-refractivity contribution in [3.05, 3.63) is 63.6 Å². The number of aromatic carboxylic acids is 1. The number of hydrogen-bond acceptors (Lipinski definition) is 5. The summed E-state index contributed by atoms with van der Waals surface area (Å²) in [5.74, 6) is -0.911. The lowest BCUT2D eigenvalue weighted by Crippen LogP contribution is -2.22. The number of halogens is 1. The third kappa shape index (κ3) is 4.05. The van der Waals surface area contributed by atoms with Crippen molar-refractivity contribution in [2.45, 2.75) is 25.7 Å². The number of rotatable bonds is 7. The van der Waals surface area contributed by atoms with Crippen molar-refractivity contribution in [3.63, 3.8) is 0 Å². The highest BCUT2D eigenvalue weighted by Crippen LogP contribution is 2.50. The highest BCUT2D eigenvalue weighted by Gasteiger charge is 2.34. The Morgan fingerprint density at radius 3 is 2.62 bits per heavy atom. The van der Waals surface area contributed by atoms with Gasteiger partial charge in [-0.15, -0.1) is 11.3 Å². The molecule has 32 heavy (non-hydrogen) atoms. The molecule has 6 nitrogen and oxygen atoms in total. The zero-order valence-electron chi connectivity index (χ0n) is 17.6. The van der Waals surface area contributed by atoms with E-state index in [2.05, 4.69) is 5.32 Å². The van der Waals surface area contributed by atoms with Crippen LogP contribution in [-0.4, -0.2) is 30.7 Å². The molecule has 4 rings (SSSR count). The summed E-state index contributed by atoms with van der Waals surface area (Å²) in [6, 6.07) is 11.1. The van der Waals surface area contributed by atoms with Crippen LogP contribution in [0.15, 0.2) is 42.5 Å². The van der Waals surface area contributed by atoms with Crippen molar-refractivity contribution in [1.29, 1.82) is 0 Å². The smallest absolute Gasteiger partial charge is 0.346 e. The van der Waals surface area contributed by atoms with E-state index in [1.54, 1.807) is 13.2 Å². The van der Waals surface area contributed by atoms with Crippen LogP contribution in [0.1, 0.15) is 45.8 Å². The zero-order valence-corrected chi connectivity index (χ0v) is 18.4. The van der Waals surface area contributed by atoms with Crippen LogP contribution < -0.4 is 14.8 Å². The van der Waals surface area contributed by atoms with Crippen LogP contribution in [0.2, 0.25) is 0 Å². The molecule has 8 heteroatoms. The Labute approximate surface area is 188 Å². The van der Waals surface area contributed by atoms with Crippen LogP contribution in [0.3, 0.4) is 0 Å². The van der Waals surface area contributed by atoms with E-state index in [1.165, 1.54) is 24.3 Å². The molecule has 0 saturated heterocycles. The largest absolute Gasteiger partial charge is 0.493 e. The first-order chi connectivity index (χ1) is 15.4. The van der Waals surface area contributed by atoms with E-state index < -0.39 is 11.8 Å². The molecule has 3 aromatic rings. The number of hydrogen-bond donors (Lipinski definition) is 2. The lowest BCUT2D eigenvalue weighted by atomic mass is 9.88. The Bertz CT molecular complexity index is 1170. The van der Waals surface area contributed by atoms with E-state index in [0.717, 1.165) is 28.2 Å². The fourth-order valence-corrected chi connectivity index (χ4v) is 5.08. The average molecular weight is 456 g/mol. The summed E-state index contributed by atoms with van der Waals surface area (Å²) in [7, 11) is 1.56. The predicted molar refractivity (Wildman–Crippen MR) is 121 cm³/mol. The second kappa shape index (κ2) is 9.00. The van der Waals surface area contributed by atoms with Gasteiger partial charge in [0, 0.05) is 22.8 Å². The molecule has 2 aromatic carbocycles. The average Bonchev–Trinajstić information content (AvgIpc) is 3.17. The lowest BCUT2D eigenvalue weighted by Gasteiger charge is -2.24. The molecule has 2 N–H and O–H groups in total. The van der Waals surface area contributed by atoms with Gasteiger partial charge in [0.2, 0.25) is 5.91 Å². The first kappa shape index (κ1) is 21.8. The Hall–Kier alpha value is -3.39. The first-order valence-electron chi connectivity index (χ1n) is 10.2. The lowest BCUT2D eigenvalue weighted by molar-refractivity contribution is -0.116. The van der Waals surface area contributed by atoms with E-state index in [4.69, 9.17) is 9.47 Å². The maximum absolute atomic E-state index is 13.5. The minimum absolute atomic E-state index is 0.102. The first-order valence-corrected chi connectivity index (χ1v) is 11.0. The van der Waals surface area contributed by atoms with E-state index in [-0.39, 0.29) is 23.1 Å². The fraction of sp³-hybridized carbons (Fsp3) is 0.250. The minimum Gasteiger partial charge on any atom is -0.493 e. The standard InChI is InChI=1S/C24H22FNO5S/c1-3-10-31-18-11-14(6-9-17(18)30-2)16-12-19(27)26-21-20(13-4-7-15(25)8-5-13)23(24(28)29)32-22(16)21/h4-9,11,16H,3,10,12H2,1-2H3,(H,26,27)(H,28,29). The molecule has 1 unspecified atom stereocenters. The highest BCUT2D eigenvalue weighted by atomic mass is 32.1. The van der Waals surface area contributed by atoms with Crippen molar-refractivity contribution in [2.75, 3.05) is 19.0 Å². The SMILES string of the molecule is CCCOc1cc(C2CC(=O)Nc3c2sc(C(=O)O)c3-c2ccc(F)cc2)ccc1OC. The van der Waals surface area contributed by atoms with Crippen molar-refractivity contribution in [1.82, 2.24) is 0 Å². The van der Waals surface area contributed by atoms with Crippen LogP contribution >= 0.6 is 11.3 Å². The minimum atomic E-state index is -1.10. The van der Waals surface area contributed by atoms with Crippen molar-refractivity contribution in [3.8, 4) is 22.6 Å². The van der Waals surface area contributed by atoms with Gasteiger partial charge in [0.05, 0.1) is 19.4 Å². The summed E-state index contributed by atoms with van der Waals surface area (Å²) < 4.78 is 24.7. The number of fused-ring (bicyclic) bond motifs is 1. The van der Waals surface area contributed by atoms with Crippen LogP contribution in [0, 0.1) is 5.82 Å². The molecule has 0 spiro atoms. The van der Waals surface area contributed by atoms with Crippen molar-refractivity contribution < 1.29 is 28.6 Å². The maximum atomic E-state index is 13.5. The third-order valence-electron chi connectivity index (χ3n) is 5.28. The summed E-state index contributed by atoms with van der Waals surface area (Å²) in [6.07, 6.45) is 1.01. The van der Waals surface area contributed by atoms with E-state index in [1.807, 2.05) is 19.1 Å². The monoisotopic (exact) mass is 455 g/mol. The number of thiophene rings is 1. The number of ether oxygens (including phenoxy) is 2. The number of carboxylic acid groups (broad SMARTS) is 1. The van der Waals surface area contributed by atoms with Crippen LogP contribution in [0.5, 0.6) is 11.5 Å². The number of benzene rings is 2. The van der Waals surface area contributed by atoms with Gasteiger partial charge in [0.1, 0.15) is 10.7 Å². The molecule has 0 bridgehead atoms. The van der Waals surface area contributed by atoms with Gasteiger partial charge < -0.3 is 19.9 Å². The number of carbonyl (C=O) groups excluding carboxylic acids is 1. The van der Waals surface area contributed by atoms with Gasteiger partial charge in [0.15, 0.2) is 11.5 Å². The molecule has 0 saturated carbocycles. The maximum Gasteiger partial charge on any atom is 0.346 e. The van der Waals surface area contributed by atoms with Gasteiger partial charge in [-0.1, -0.05) is 25.1 Å². The van der Waals surface area contributed by atoms with Gasteiger partial charge in [-0.2, -0.15) is 0 Å². The predicted octanol–water partition coefficient (Wildman–Crippen LogP) is 5.52. The number of methoxy groups -OCH3 is 1. The van der Waals surface area contributed by atoms with Crippen molar-refractivity contribution >= 4 is 28.9 Å². The molecule has 0 fully saturated rings. The van der Waals surface area contributed by atoms with E-state index in [9.17, 15) is 19.1 Å². The molecule has 1 aromatic heterocycles. The summed E-state index contributed by atoms with van der Waals surface area (Å²) in [5, 5.41) is 12.7. The Balaban J connectivity index is 1.85. The van der Waals surface area contributed by atoms with Gasteiger partial charge >= 0.3 is 5.97 Å². The second-order valence-electron chi connectivity index (χ2n) is 7.42. The number of carbonyl (C=O) groups is 2. The number of carboxylic acids is 1. The van der Waals surface area contributed by atoms with E-state index >= 15 is 0 Å². The van der Waals surface area contributed by atoms with Crippen molar-refractivity contribution in [2.24, 2.45) is 0 Å². The number of amides is 1. The molecule has 0 radical (unpaired) electrons. The summed E-state index contributed by atoms with van der Waals surface area (Å²) >= 11 is 1.13. The second-order valence-corrected chi connectivity index (χ2v) is 8.47. The Morgan fingerprint density at radius 2 is 1.97 bits per heavy atom. The number of nitrogens with one attached hydrogen (secondary N) is 1. The van der Waals surface area contributed by atoms with Gasteiger partial charge in [-0.3, -0.25) is 4.79 Å². The summed E-state index contributed by atoms with van der Waals surface area (Å²) in [6.45, 7) is 2.53. The number of anilines is 1. The molecule has 1 atom stereocenters. The molecule has 166 valence electrons. The zero-order chi connectivity index (χ0) is 22.8. The van der Waals surface area contributed by atoms with Crippen LogP contribution in [-0.2, 0) is 4.79 Å². The quantitative estimate of drug-likeness (QED) is 0.490. The molecule has 1 aliphatic heterocycles. The Kier molecular flexibility index (Phi) is 6.14. The van der Waals surface area contributed by atoms with E-state index in [0.29, 0.717) is 34.9 Å². The van der Waals surface area contributed by atoms with Crippen LogP contribution in [0.4, 0.5) is 10.1 Å². The Morgan fingerprint density at radius 1 is 1.22 bits per heavy atom. The molecule has 0 aliphatic carbocycles. The molecule has 1 amide bonds. The third-order valence-corrected chi connectivity index (χ3v) is 6.58. The molecular weight excluding hydrogens is 433 g/mol. The van der Waals surface area contributed by atoms with Crippen LogP contribution in [0.25, 0.3) is 11.1 Å². The van der Waals surface area contributed by atoms with Gasteiger partial charge in [-0.05, 0) is 41.8 Å².